The summed E-state index contributed by atoms with van der Waals surface area (Å²) in [5, 5.41) is 8.98. The largest absolute Gasteiger partial charge is 0.395 e. The van der Waals surface area contributed by atoms with Crippen LogP contribution in [0.15, 0.2) is 54.6 Å². The molecule has 0 atom stereocenters. The minimum atomic E-state index is 0.265. The van der Waals surface area contributed by atoms with E-state index < -0.39 is 0 Å². The molecule has 0 aliphatic carbocycles. The summed E-state index contributed by atoms with van der Waals surface area (Å²) >= 11 is 0. The fraction of sp³-hybridized carbons (Fsp3) is 0.368. The molecule has 1 aliphatic heterocycles. The average Bonchev–Trinajstić information content (AvgIpc) is 2.58. The first kappa shape index (κ1) is 15.2. The highest BCUT2D eigenvalue weighted by atomic mass is 16.3. The van der Waals surface area contributed by atoms with Crippen LogP contribution in [-0.2, 0) is 6.54 Å². The second-order valence-electron chi connectivity index (χ2n) is 5.90. The summed E-state index contributed by atoms with van der Waals surface area (Å²) in [6.45, 7) is 6.37. The second-order valence-corrected chi connectivity index (χ2v) is 5.90. The molecule has 0 bridgehead atoms. The Morgan fingerprint density at radius 3 is 1.95 bits per heavy atom. The average molecular weight is 296 g/mol. The van der Waals surface area contributed by atoms with E-state index in [4.69, 9.17) is 5.11 Å². The summed E-state index contributed by atoms with van der Waals surface area (Å²) < 4.78 is 0. The van der Waals surface area contributed by atoms with Crippen LogP contribution in [0.3, 0.4) is 0 Å². The van der Waals surface area contributed by atoms with Gasteiger partial charge in [-0.15, -0.1) is 0 Å². The zero-order chi connectivity index (χ0) is 15.2. The normalized spacial score (nSPS) is 16.8. The van der Waals surface area contributed by atoms with Crippen molar-refractivity contribution in [1.29, 1.82) is 0 Å². The van der Waals surface area contributed by atoms with Crippen molar-refractivity contribution >= 4 is 0 Å². The molecule has 2 aromatic rings. The molecule has 0 amide bonds. The lowest BCUT2D eigenvalue weighted by Gasteiger charge is -2.34. The Balaban J connectivity index is 1.56. The highest BCUT2D eigenvalue weighted by molar-refractivity contribution is 5.63. The van der Waals surface area contributed by atoms with E-state index in [-0.39, 0.29) is 6.61 Å². The number of β-amino-alcohol motifs (C(OH)–C–C–N with tert-alkyl or cyclic N) is 1. The molecule has 1 heterocycles. The van der Waals surface area contributed by atoms with Crippen molar-refractivity contribution in [3.05, 3.63) is 60.2 Å². The molecular formula is C19H24N2O. The van der Waals surface area contributed by atoms with E-state index in [1.165, 1.54) is 16.7 Å². The van der Waals surface area contributed by atoms with Gasteiger partial charge in [0, 0.05) is 39.3 Å². The number of aliphatic hydroxyl groups excluding tert-OH is 1. The van der Waals surface area contributed by atoms with E-state index in [2.05, 4.69) is 58.3 Å². The van der Waals surface area contributed by atoms with Gasteiger partial charge in [0.25, 0.3) is 0 Å². The van der Waals surface area contributed by atoms with Gasteiger partial charge in [-0.1, -0.05) is 54.6 Å². The van der Waals surface area contributed by atoms with E-state index in [9.17, 15) is 0 Å². The van der Waals surface area contributed by atoms with Crippen molar-refractivity contribution in [2.24, 2.45) is 0 Å². The summed E-state index contributed by atoms with van der Waals surface area (Å²) in [4.78, 5) is 4.82. The van der Waals surface area contributed by atoms with Gasteiger partial charge in [-0.3, -0.25) is 9.80 Å². The number of hydrogen-bond donors (Lipinski definition) is 1. The van der Waals surface area contributed by atoms with Gasteiger partial charge in [0.1, 0.15) is 0 Å². The van der Waals surface area contributed by atoms with Crippen LogP contribution >= 0.6 is 0 Å². The maximum atomic E-state index is 8.98. The van der Waals surface area contributed by atoms with Crippen LogP contribution in [0, 0.1) is 0 Å². The minimum Gasteiger partial charge on any atom is -0.395 e. The predicted octanol–water partition coefficient (Wildman–Crippen LogP) is 2.46. The fourth-order valence-electron chi connectivity index (χ4n) is 3.00. The van der Waals surface area contributed by atoms with Gasteiger partial charge >= 0.3 is 0 Å². The Hall–Kier alpha value is -1.68. The van der Waals surface area contributed by atoms with Gasteiger partial charge in [-0.25, -0.2) is 0 Å². The monoisotopic (exact) mass is 296 g/mol. The fourth-order valence-corrected chi connectivity index (χ4v) is 3.00. The lowest BCUT2D eigenvalue weighted by Crippen LogP contribution is -2.46. The number of rotatable bonds is 5. The molecule has 2 aromatic carbocycles. The molecule has 0 aromatic heterocycles. The molecule has 0 radical (unpaired) electrons. The van der Waals surface area contributed by atoms with Gasteiger partial charge in [-0.05, 0) is 16.7 Å². The summed E-state index contributed by atoms with van der Waals surface area (Å²) in [5.74, 6) is 0. The van der Waals surface area contributed by atoms with E-state index in [0.29, 0.717) is 0 Å². The Morgan fingerprint density at radius 1 is 0.727 bits per heavy atom. The van der Waals surface area contributed by atoms with Gasteiger partial charge in [-0.2, -0.15) is 0 Å². The number of piperazine rings is 1. The maximum Gasteiger partial charge on any atom is 0.0558 e. The summed E-state index contributed by atoms with van der Waals surface area (Å²) in [5.41, 5.74) is 3.92. The zero-order valence-electron chi connectivity index (χ0n) is 13.0. The van der Waals surface area contributed by atoms with E-state index >= 15 is 0 Å². The molecule has 1 N–H and O–H groups in total. The Morgan fingerprint density at radius 2 is 1.32 bits per heavy atom. The lowest BCUT2D eigenvalue weighted by molar-refractivity contribution is 0.108. The van der Waals surface area contributed by atoms with Crippen molar-refractivity contribution in [2.75, 3.05) is 39.3 Å². The van der Waals surface area contributed by atoms with Gasteiger partial charge in [0.15, 0.2) is 0 Å². The second kappa shape index (κ2) is 7.54. The molecule has 1 fully saturated rings. The smallest absolute Gasteiger partial charge is 0.0558 e. The third-order valence-corrected chi connectivity index (χ3v) is 4.35. The van der Waals surface area contributed by atoms with E-state index in [0.717, 1.165) is 39.3 Å². The van der Waals surface area contributed by atoms with Gasteiger partial charge in [0.05, 0.1) is 6.61 Å². The Labute approximate surface area is 132 Å². The Kier molecular flexibility index (Phi) is 5.22. The van der Waals surface area contributed by atoms with Crippen molar-refractivity contribution in [1.82, 2.24) is 9.80 Å². The number of benzene rings is 2. The minimum absolute atomic E-state index is 0.265. The van der Waals surface area contributed by atoms with Crippen molar-refractivity contribution in [3.63, 3.8) is 0 Å². The van der Waals surface area contributed by atoms with Gasteiger partial charge in [0.2, 0.25) is 0 Å². The van der Waals surface area contributed by atoms with Crippen molar-refractivity contribution in [2.45, 2.75) is 6.54 Å². The first-order valence-electron chi connectivity index (χ1n) is 8.05. The number of hydrogen-bond acceptors (Lipinski definition) is 3. The predicted molar refractivity (Wildman–Crippen MR) is 90.7 cm³/mol. The quantitative estimate of drug-likeness (QED) is 0.918. The molecular weight excluding hydrogens is 272 g/mol. The first-order chi connectivity index (χ1) is 10.8. The number of aliphatic hydroxyl groups is 1. The van der Waals surface area contributed by atoms with Crippen LogP contribution in [0.4, 0.5) is 0 Å². The molecule has 3 heteroatoms. The molecule has 0 unspecified atom stereocenters. The highest BCUT2D eigenvalue weighted by Crippen LogP contribution is 2.20. The molecule has 0 saturated carbocycles. The highest BCUT2D eigenvalue weighted by Gasteiger charge is 2.16. The van der Waals surface area contributed by atoms with Crippen LogP contribution in [0.25, 0.3) is 11.1 Å². The van der Waals surface area contributed by atoms with Crippen molar-refractivity contribution < 1.29 is 5.11 Å². The molecule has 3 rings (SSSR count). The van der Waals surface area contributed by atoms with Crippen LogP contribution in [-0.4, -0.2) is 54.2 Å². The van der Waals surface area contributed by atoms with Crippen LogP contribution in [0.1, 0.15) is 5.56 Å². The lowest BCUT2D eigenvalue weighted by atomic mass is 10.0. The third-order valence-electron chi connectivity index (χ3n) is 4.35. The zero-order valence-corrected chi connectivity index (χ0v) is 13.0. The molecule has 0 spiro atoms. The molecule has 1 aliphatic rings. The van der Waals surface area contributed by atoms with Crippen LogP contribution < -0.4 is 0 Å². The molecule has 1 saturated heterocycles. The Bertz CT molecular complexity index is 560. The van der Waals surface area contributed by atoms with E-state index in [1.54, 1.807) is 0 Å². The third kappa shape index (κ3) is 3.95. The van der Waals surface area contributed by atoms with E-state index in [1.807, 2.05) is 6.07 Å². The SMILES string of the molecule is OCCN1CCN(Cc2ccc(-c3ccccc3)cc2)CC1. The maximum absolute atomic E-state index is 8.98. The van der Waals surface area contributed by atoms with Crippen LogP contribution in [0.5, 0.6) is 0 Å². The summed E-state index contributed by atoms with van der Waals surface area (Å²) in [7, 11) is 0. The van der Waals surface area contributed by atoms with Crippen LogP contribution in [0.2, 0.25) is 0 Å². The van der Waals surface area contributed by atoms with Crippen molar-refractivity contribution in [3.8, 4) is 11.1 Å². The molecule has 22 heavy (non-hydrogen) atoms. The van der Waals surface area contributed by atoms with Gasteiger partial charge < -0.3 is 5.11 Å². The standard InChI is InChI=1S/C19H24N2O/c22-15-14-20-10-12-21(13-11-20)16-17-6-8-19(9-7-17)18-4-2-1-3-5-18/h1-9,22H,10-16H2. The first-order valence-corrected chi connectivity index (χ1v) is 8.05. The topological polar surface area (TPSA) is 26.7 Å². The molecule has 3 nitrogen and oxygen atoms in total. The summed E-state index contributed by atoms with van der Waals surface area (Å²) in [6.07, 6.45) is 0. The summed E-state index contributed by atoms with van der Waals surface area (Å²) in [6, 6.07) is 19.4. The number of nitrogens with zero attached hydrogens (tertiary/aromatic N) is 2. The molecule has 116 valence electrons.